The van der Waals surface area contributed by atoms with Crippen LogP contribution >= 0.6 is 0 Å². The number of anilines is 2. The summed E-state index contributed by atoms with van der Waals surface area (Å²) in [4.78, 5) is 11.0. The first-order valence-corrected chi connectivity index (χ1v) is 4.04. The lowest BCUT2D eigenvalue weighted by molar-refractivity contribution is -0.118. The molecule has 0 aromatic heterocycles. The molecular formula is C9H10N2O2. The molecule has 1 amide bonds. The van der Waals surface area contributed by atoms with Gasteiger partial charge in [0.2, 0.25) is 0 Å². The van der Waals surface area contributed by atoms with E-state index in [1.807, 2.05) is 18.2 Å². The van der Waals surface area contributed by atoms with E-state index in [0.29, 0.717) is 5.75 Å². The van der Waals surface area contributed by atoms with Crippen LogP contribution in [-0.4, -0.2) is 19.6 Å². The highest BCUT2D eigenvalue weighted by Crippen LogP contribution is 2.34. The third-order valence-electron chi connectivity index (χ3n) is 1.92. The number of hydrogen-bond donors (Lipinski definition) is 2. The number of fused-ring (bicyclic) bond motifs is 1. The summed E-state index contributed by atoms with van der Waals surface area (Å²) in [5, 5.41) is 5.73. The highest BCUT2D eigenvalue weighted by atomic mass is 16.5. The monoisotopic (exact) mass is 178 g/mol. The van der Waals surface area contributed by atoms with Crippen molar-refractivity contribution in [3.05, 3.63) is 18.2 Å². The Morgan fingerprint density at radius 3 is 3.15 bits per heavy atom. The second kappa shape index (κ2) is 2.97. The van der Waals surface area contributed by atoms with Gasteiger partial charge in [0.25, 0.3) is 5.91 Å². The number of carbonyl (C=O) groups excluding carboxylic acids is 1. The number of ether oxygens (including phenoxy) is 1. The molecule has 1 aromatic rings. The average molecular weight is 178 g/mol. The molecule has 13 heavy (non-hydrogen) atoms. The molecule has 1 aliphatic rings. The third kappa shape index (κ3) is 1.30. The van der Waals surface area contributed by atoms with Gasteiger partial charge in [-0.15, -0.1) is 0 Å². The van der Waals surface area contributed by atoms with Crippen LogP contribution in [0.1, 0.15) is 0 Å². The van der Waals surface area contributed by atoms with E-state index < -0.39 is 0 Å². The van der Waals surface area contributed by atoms with Crippen LogP contribution < -0.4 is 15.4 Å². The van der Waals surface area contributed by atoms with Crippen LogP contribution in [-0.2, 0) is 4.79 Å². The van der Waals surface area contributed by atoms with Crippen molar-refractivity contribution in [2.75, 3.05) is 24.3 Å². The lowest BCUT2D eigenvalue weighted by Gasteiger charge is -2.20. The summed E-state index contributed by atoms with van der Waals surface area (Å²) < 4.78 is 5.23. The van der Waals surface area contributed by atoms with Crippen molar-refractivity contribution >= 4 is 17.3 Å². The minimum Gasteiger partial charge on any atom is -0.482 e. The van der Waals surface area contributed by atoms with Gasteiger partial charge >= 0.3 is 0 Å². The van der Waals surface area contributed by atoms with Gasteiger partial charge in [0.15, 0.2) is 6.61 Å². The van der Waals surface area contributed by atoms with Gasteiger partial charge in [-0.1, -0.05) is 6.07 Å². The molecule has 2 rings (SSSR count). The van der Waals surface area contributed by atoms with Crippen LogP contribution in [0.15, 0.2) is 18.2 Å². The van der Waals surface area contributed by atoms with Crippen molar-refractivity contribution in [1.29, 1.82) is 0 Å². The molecule has 0 fully saturated rings. The Morgan fingerprint density at radius 2 is 2.38 bits per heavy atom. The lowest BCUT2D eigenvalue weighted by Crippen LogP contribution is -2.25. The van der Waals surface area contributed by atoms with Crippen molar-refractivity contribution in [2.24, 2.45) is 0 Å². The van der Waals surface area contributed by atoms with Crippen LogP contribution in [0.25, 0.3) is 0 Å². The predicted molar refractivity (Wildman–Crippen MR) is 50.1 cm³/mol. The zero-order chi connectivity index (χ0) is 9.26. The van der Waals surface area contributed by atoms with Crippen LogP contribution in [0, 0.1) is 0 Å². The summed E-state index contributed by atoms with van der Waals surface area (Å²) in [6, 6.07) is 5.59. The van der Waals surface area contributed by atoms with E-state index in [2.05, 4.69) is 10.6 Å². The molecular weight excluding hydrogens is 168 g/mol. The Labute approximate surface area is 75.9 Å². The van der Waals surface area contributed by atoms with Crippen LogP contribution in [0.4, 0.5) is 11.4 Å². The maximum atomic E-state index is 11.0. The number of para-hydroxylation sites is 1. The van der Waals surface area contributed by atoms with Gasteiger partial charge in [0.1, 0.15) is 11.4 Å². The van der Waals surface area contributed by atoms with Crippen molar-refractivity contribution in [3.63, 3.8) is 0 Å². The fraction of sp³-hybridized carbons (Fsp3) is 0.222. The van der Waals surface area contributed by atoms with E-state index in [0.717, 1.165) is 11.4 Å². The normalized spacial score (nSPS) is 14.1. The number of hydrogen-bond acceptors (Lipinski definition) is 3. The maximum absolute atomic E-state index is 11.0. The number of amides is 1. The zero-order valence-electron chi connectivity index (χ0n) is 7.26. The molecule has 1 heterocycles. The summed E-state index contributed by atoms with van der Waals surface area (Å²) in [5.74, 6) is 0.599. The van der Waals surface area contributed by atoms with Gasteiger partial charge in [0.05, 0.1) is 5.69 Å². The minimum atomic E-state index is -0.116. The number of carbonyl (C=O) groups is 1. The minimum absolute atomic E-state index is 0.0974. The molecule has 68 valence electrons. The van der Waals surface area contributed by atoms with Gasteiger partial charge in [-0.05, 0) is 12.1 Å². The topological polar surface area (TPSA) is 50.4 Å². The van der Waals surface area contributed by atoms with Crippen molar-refractivity contribution < 1.29 is 9.53 Å². The van der Waals surface area contributed by atoms with Crippen molar-refractivity contribution in [3.8, 4) is 5.75 Å². The molecule has 2 N–H and O–H groups in total. The molecule has 0 atom stereocenters. The molecule has 4 heteroatoms. The first kappa shape index (κ1) is 7.91. The average Bonchev–Trinajstić information content (AvgIpc) is 2.17. The standard InChI is InChI=1S/C9H10N2O2/c1-10-6-3-2-4-7-9(6)11-8(12)5-13-7/h2-4,10H,5H2,1H3,(H,11,12). The number of nitrogens with one attached hydrogen (secondary N) is 2. The first-order valence-electron chi connectivity index (χ1n) is 4.04. The SMILES string of the molecule is CNc1cccc2c1NC(=O)CO2. The van der Waals surface area contributed by atoms with E-state index in [9.17, 15) is 4.79 Å². The van der Waals surface area contributed by atoms with E-state index in [4.69, 9.17) is 4.74 Å². The smallest absolute Gasteiger partial charge is 0.262 e. The highest BCUT2D eigenvalue weighted by Gasteiger charge is 2.17. The molecule has 0 aliphatic carbocycles. The lowest BCUT2D eigenvalue weighted by atomic mass is 10.2. The number of benzene rings is 1. The van der Waals surface area contributed by atoms with Crippen LogP contribution in [0.2, 0.25) is 0 Å². The van der Waals surface area contributed by atoms with Crippen LogP contribution in [0.5, 0.6) is 5.75 Å². The highest BCUT2D eigenvalue weighted by molar-refractivity contribution is 5.99. The molecule has 0 saturated heterocycles. The summed E-state index contributed by atoms with van der Waals surface area (Å²) in [5.41, 5.74) is 1.59. The van der Waals surface area contributed by atoms with Gasteiger partial charge in [-0.2, -0.15) is 0 Å². The van der Waals surface area contributed by atoms with Gasteiger partial charge in [0, 0.05) is 7.05 Å². The van der Waals surface area contributed by atoms with Crippen molar-refractivity contribution in [2.45, 2.75) is 0 Å². The van der Waals surface area contributed by atoms with Gasteiger partial charge in [-0.3, -0.25) is 4.79 Å². The first-order chi connectivity index (χ1) is 6.31. The van der Waals surface area contributed by atoms with Crippen molar-refractivity contribution in [1.82, 2.24) is 0 Å². The summed E-state index contributed by atoms with van der Waals surface area (Å²) in [7, 11) is 1.80. The van der Waals surface area contributed by atoms with E-state index in [1.165, 1.54) is 0 Å². The summed E-state index contributed by atoms with van der Waals surface area (Å²) >= 11 is 0. The van der Waals surface area contributed by atoms with Gasteiger partial charge in [-0.25, -0.2) is 0 Å². The Hall–Kier alpha value is -1.71. The molecule has 0 saturated carbocycles. The zero-order valence-corrected chi connectivity index (χ0v) is 7.26. The Kier molecular flexibility index (Phi) is 1.81. The quantitative estimate of drug-likeness (QED) is 0.676. The third-order valence-corrected chi connectivity index (χ3v) is 1.92. The fourth-order valence-electron chi connectivity index (χ4n) is 1.31. The largest absolute Gasteiger partial charge is 0.482 e. The molecule has 0 spiro atoms. The molecule has 4 nitrogen and oxygen atoms in total. The fourth-order valence-corrected chi connectivity index (χ4v) is 1.31. The maximum Gasteiger partial charge on any atom is 0.262 e. The Balaban J connectivity index is 2.46. The van der Waals surface area contributed by atoms with E-state index in [-0.39, 0.29) is 12.5 Å². The van der Waals surface area contributed by atoms with Gasteiger partial charge < -0.3 is 15.4 Å². The van der Waals surface area contributed by atoms with E-state index >= 15 is 0 Å². The Morgan fingerprint density at radius 1 is 1.54 bits per heavy atom. The number of rotatable bonds is 1. The Bertz CT molecular complexity index is 335. The summed E-state index contributed by atoms with van der Waals surface area (Å²) in [6.07, 6.45) is 0. The molecule has 1 aliphatic heterocycles. The van der Waals surface area contributed by atoms with E-state index in [1.54, 1.807) is 7.05 Å². The molecule has 0 bridgehead atoms. The molecule has 0 unspecified atom stereocenters. The molecule has 1 aromatic carbocycles. The predicted octanol–water partition coefficient (Wildman–Crippen LogP) is 1.06. The van der Waals surface area contributed by atoms with Crippen LogP contribution in [0.3, 0.4) is 0 Å². The second-order valence-electron chi connectivity index (χ2n) is 2.77. The molecule has 0 radical (unpaired) electrons. The summed E-state index contributed by atoms with van der Waals surface area (Å²) in [6.45, 7) is 0.0974. The second-order valence-corrected chi connectivity index (χ2v) is 2.77.